The molecule has 3 rings (SSSR count). The normalized spacial score (nSPS) is 13.1. The van der Waals surface area contributed by atoms with E-state index in [4.69, 9.17) is 5.26 Å². The van der Waals surface area contributed by atoms with Crippen molar-refractivity contribution in [2.24, 2.45) is 0 Å². The average Bonchev–Trinajstić information content (AvgIpc) is 2.86. The van der Waals surface area contributed by atoms with Gasteiger partial charge in [-0.2, -0.15) is 5.26 Å². The Bertz CT molecular complexity index is 664. The van der Waals surface area contributed by atoms with Crippen LogP contribution in [-0.4, -0.2) is 0 Å². The second kappa shape index (κ2) is 5.40. The first kappa shape index (κ1) is 12.8. The van der Waals surface area contributed by atoms with Crippen molar-refractivity contribution in [2.45, 2.75) is 29.1 Å². The molecule has 2 aromatic rings. The van der Waals surface area contributed by atoms with Crippen LogP contribution >= 0.6 is 27.7 Å². The molecule has 0 aromatic heterocycles. The first-order chi connectivity index (χ1) is 9.26. The first-order valence-electron chi connectivity index (χ1n) is 6.25. The molecule has 0 radical (unpaired) electrons. The van der Waals surface area contributed by atoms with Gasteiger partial charge < -0.3 is 0 Å². The van der Waals surface area contributed by atoms with Crippen LogP contribution in [0.3, 0.4) is 0 Å². The molecule has 0 atom stereocenters. The number of rotatable bonds is 2. The number of nitrogens with zero attached hydrogens (tertiary/aromatic N) is 1. The van der Waals surface area contributed by atoms with Crippen molar-refractivity contribution >= 4 is 27.7 Å². The summed E-state index contributed by atoms with van der Waals surface area (Å²) >= 11 is 5.18. The van der Waals surface area contributed by atoms with Crippen molar-refractivity contribution in [1.29, 1.82) is 5.26 Å². The summed E-state index contributed by atoms with van der Waals surface area (Å²) in [5.41, 5.74) is 3.68. The third-order valence-electron chi connectivity index (χ3n) is 3.37. The third-order valence-corrected chi connectivity index (χ3v) is 5.00. The molecule has 0 saturated carbocycles. The fourth-order valence-corrected chi connectivity index (χ4v) is 3.94. The van der Waals surface area contributed by atoms with E-state index in [9.17, 15) is 0 Å². The van der Waals surface area contributed by atoms with Crippen LogP contribution in [0.1, 0.15) is 23.1 Å². The van der Waals surface area contributed by atoms with E-state index in [1.54, 1.807) is 11.8 Å². The number of nitriles is 1. The van der Waals surface area contributed by atoms with E-state index < -0.39 is 0 Å². The SMILES string of the molecule is N#Cc1ccc(Sc2ccc3c(c2)CCC3)cc1Br. The molecule has 0 fully saturated rings. The second-order valence-electron chi connectivity index (χ2n) is 4.64. The van der Waals surface area contributed by atoms with Gasteiger partial charge in [0, 0.05) is 14.3 Å². The van der Waals surface area contributed by atoms with Crippen LogP contribution in [0.2, 0.25) is 0 Å². The summed E-state index contributed by atoms with van der Waals surface area (Å²) in [7, 11) is 0. The Labute approximate surface area is 125 Å². The van der Waals surface area contributed by atoms with Crippen molar-refractivity contribution in [3.05, 3.63) is 57.6 Å². The average molecular weight is 330 g/mol. The van der Waals surface area contributed by atoms with Gasteiger partial charge in [-0.3, -0.25) is 0 Å². The van der Waals surface area contributed by atoms with Crippen LogP contribution < -0.4 is 0 Å². The fraction of sp³-hybridized carbons (Fsp3) is 0.188. The molecule has 0 N–H and O–H groups in total. The second-order valence-corrected chi connectivity index (χ2v) is 6.64. The minimum atomic E-state index is 0.679. The monoisotopic (exact) mass is 329 g/mol. The Hall–Kier alpha value is -1.24. The predicted molar refractivity (Wildman–Crippen MR) is 81.4 cm³/mol. The van der Waals surface area contributed by atoms with Crippen LogP contribution in [0, 0.1) is 11.3 Å². The number of aryl methyl sites for hydroxylation is 2. The van der Waals surface area contributed by atoms with Crippen molar-refractivity contribution in [2.75, 3.05) is 0 Å². The zero-order valence-electron chi connectivity index (χ0n) is 10.3. The molecular formula is C16H12BrNS. The first-order valence-corrected chi connectivity index (χ1v) is 7.86. The molecule has 94 valence electrons. The maximum atomic E-state index is 8.92. The summed E-state index contributed by atoms with van der Waals surface area (Å²) < 4.78 is 0.862. The molecular weight excluding hydrogens is 318 g/mol. The fourth-order valence-electron chi connectivity index (χ4n) is 2.40. The molecule has 1 nitrogen and oxygen atoms in total. The van der Waals surface area contributed by atoms with E-state index in [1.165, 1.54) is 35.3 Å². The number of hydrogen-bond donors (Lipinski definition) is 0. The van der Waals surface area contributed by atoms with Gasteiger partial charge in [0.25, 0.3) is 0 Å². The molecule has 1 aliphatic rings. The van der Waals surface area contributed by atoms with E-state index in [-0.39, 0.29) is 0 Å². The lowest BCUT2D eigenvalue weighted by Crippen LogP contribution is -1.83. The van der Waals surface area contributed by atoms with E-state index in [0.29, 0.717) is 5.56 Å². The van der Waals surface area contributed by atoms with Gasteiger partial charge >= 0.3 is 0 Å². The van der Waals surface area contributed by atoms with Crippen LogP contribution in [0.25, 0.3) is 0 Å². The zero-order valence-corrected chi connectivity index (χ0v) is 12.7. The highest BCUT2D eigenvalue weighted by Crippen LogP contribution is 2.33. The minimum absolute atomic E-state index is 0.679. The summed E-state index contributed by atoms with van der Waals surface area (Å²) in [4.78, 5) is 2.43. The van der Waals surface area contributed by atoms with Crippen molar-refractivity contribution in [3.8, 4) is 6.07 Å². The third kappa shape index (κ3) is 2.70. The Morgan fingerprint density at radius 1 is 1.00 bits per heavy atom. The van der Waals surface area contributed by atoms with Crippen LogP contribution in [0.15, 0.2) is 50.7 Å². The standard InChI is InChI=1S/C16H12BrNS/c17-16-9-15(7-5-13(16)10-18)19-14-6-4-11-2-1-3-12(11)8-14/h4-9H,1-3H2. The largest absolute Gasteiger partial charge is 0.192 e. The molecule has 0 unspecified atom stereocenters. The van der Waals surface area contributed by atoms with Crippen molar-refractivity contribution < 1.29 is 0 Å². The number of halogens is 1. The lowest BCUT2D eigenvalue weighted by molar-refractivity contribution is 0.911. The highest BCUT2D eigenvalue weighted by Gasteiger charge is 2.11. The van der Waals surface area contributed by atoms with Gasteiger partial charge in [-0.05, 0) is 76.7 Å². The van der Waals surface area contributed by atoms with Crippen molar-refractivity contribution in [3.63, 3.8) is 0 Å². The molecule has 0 aliphatic heterocycles. The Kier molecular flexibility index (Phi) is 3.63. The van der Waals surface area contributed by atoms with Crippen molar-refractivity contribution in [1.82, 2.24) is 0 Å². The number of fused-ring (bicyclic) bond motifs is 1. The highest BCUT2D eigenvalue weighted by molar-refractivity contribution is 9.10. The van der Waals surface area contributed by atoms with Gasteiger partial charge in [-0.1, -0.05) is 17.8 Å². The van der Waals surface area contributed by atoms with Gasteiger partial charge in [-0.15, -0.1) is 0 Å². The van der Waals surface area contributed by atoms with Crippen LogP contribution in [0.4, 0.5) is 0 Å². The lowest BCUT2D eigenvalue weighted by Gasteiger charge is -2.06. The summed E-state index contributed by atoms with van der Waals surface area (Å²) in [5, 5.41) is 8.92. The number of hydrogen-bond acceptors (Lipinski definition) is 2. The summed E-state index contributed by atoms with van der Waals surface area (Å²) in [6.45, 7) is 0. The van der Waals surface area contributed by atoms with Crippen LogP contribution in [0.5, 0.6) is 0 Å². The summed E-state index contributed by atoms with van der Waals surface area (Å²) in [5.74, 6) is 0. The minimum Gasteiger partial charge on any atom is -0.192 e. The topological polar surface area (TPSA) is 23.8 Å². The molecule has 1 aliphatic carbocycles. The maximum Gasteiger partial charge on any atom is 0.100 e. The van der Waals surface area contributed by atoms with E-state index >= 15 is 0 Å². The summed E-state index contributed by atoms with van der Waals surface area (Å²) in [6.07, 6.45) is 3.72. The molecule has 0 saturated heterocycles. The Balaban J connectivity index is 1.85. The summed E-state index contributed by atoms with van der Waals surface area (Å²) in [6, 6.07) is 14.8. The molecule has 0 bridgehead atoms. The van der Waals surface area contributed by atoms with Gasteiger partial charge in [0.1, 0.15) is 6.07 Å². The van der Waals surface area contributed by atoms with Gasteiger partial charge in [-0.25, -0.2) is 0 Å². The maximum absolute atomic E-state index is 8.92. The van der Waals surface area contributed by atoms with Crippen LogP contribution in [-0.2, 0) is 12.8 Å². The molecule has 2 aromatic carbocycles. The molecule has 19 heavy (non-hydrogen) atoms. The van der Waals surface area contributed by atoms with Gasteiger partial charge in [0.15, 0.2) is 0 Å². The molecule has 0 heterocycles. The van der Waals surface area contributed by atoms with Gasteiger partial charge in [0.2, 0.25) is 0 Å². The Morgan fingerprint density at radius 3 is 2.53 bits per heavy atom. The lowest BCUT2D eigenvalue weighted by atomic mass is 10.1. The molecule has 3 heteroatoms. The quantitative estimate of drug-likeness (QED) is 0.777. The molecule has 0 spiro atoms. The van der Waals surface area contributed by atoms with E-state index in [2.05, 4.69) is 40.2 Å². The van der Waals surface area contributed by atoms with E-state index in [1.807, 2.05) is 18.2 Å². The predicted octanol–water partition coefficient (Wildman–Crippen LogP) is 4.96. The Morgan fingerprint density at radius 2 is 1.74 bits per heavy atom. The zero-order chi connectivity index (χ0) is 13.2. The van der Waals surface area contributed by atoms with Gasteiger partial charge in [0.05, 0.1) is 5.56 Å². The number of benzene rings is 2. The molecule has 0 amide bonds. The smallest absolute Gasteiger partial charge is 0.100 e. The highest BCUT2D eigenvalue weighted by atomic mass is 79.9. The van der Waals surface area contributed by atoms with E-state index in [0.717, 1.165) is 9.37 Å².